The van der Waals surface area contributed by atoms with E-state index in [1.54, 1.807) is 24.3 Å². The Labute approximate surface area is 59.6 Å². The molecule has 1 heterocycles. The van der Waals surface area contributed by atoms with Crippen molar-refractivity contribution in [2.75, 3.05) is 12.4 Å². The van der Waals surface area contributed by atoms with Crippen molar-refractivity contribution in [2.45, 2.75) is 0 Å². The maximum absolute atomic E-state index is 3.96. The quantitative estimate of drug-likeness (QED) is 0.477. The highest BCUT2D eigenvalue weighted by Crippen LogP contribution is 2.00. The van der Waals surface area contributed by atoms with Crippen molar-refractivity contribution in [2.24, 2.45) is 12.0 Å². The van der Waals surface area contributed by atoms with Crippen LogP contribution in [-0.2, 0) is 7.05 Å². The monoisotopic (exact) mass is 138 g/mol. The first kappa shape index (κ1) is 6.80. The van der Waals surface area contributed by atoms with E-state index in [1.165, 1.54) is 0 Å². The smallest absolute Gasteiger partial charge is 0.128 e. The molecule has 0 saturated heterocycles. The third-order valence-corrected chi connectivity index (χ3v) is 1.16. The van der Waals surface area contributed by atoms with Crippen molar-refractivity contribution < 1.29 is 0 Å². The van der Waals surface area contributed by atoms with E-state index >= 15 is 0 Å². The third kappa shape index (κ3) is 1.34. The van der Waals surface area contributed by atoms with E-state index in [2.05, 4.69) is 15.4 Å². The zero-order valence-electron chi connectivity index (χ0n) is 6.07. The topological polar surface area (TPSA) is 42.2 Å². The zero-order valence-corrected chi connectivity index (χ0v) is 6.07. The molecule has 0 unspecified atom stereocenters. The van der Waals surface area contributed by atoms with Crippen molar-refractivity contribution in [1.82, 2.24) is 9.78 Å². The first-order valence-corrected chi connectivity index (χ1v) is 3.00. The van der Waals surface area contributed by atoms with Gasteiger partial charge in [-0.05, 0) is 0 Å². The Balaban J connectivity index is 2.65. The van der Waals surface area contributed by atoms with Gasteiger partial charge in [0.05, 0.1) is 12.5 Å². The summed E-state index contributed by atoms with van der Waals surface area (Å²) in [6.07, 6.45) is 3.35. The predicted octanol–water partition coefficient (Wildman–Crippen LogP) is 0.490. The Hall–Kier alpha value is -1.32. The van der Waals surface area contributed by atoms with Crippen LogP contribution < -0.4 is 5.32 Å². The number of rotatable bonds is 2. The molecule has 0 aromatic carbocycles. The molecule has 0 fully saturated rings. The molecular weight excluding hydrogens is 128 g/mol. The number of hydrogen-bond acceptors (Lipinski definition) is 2. The number of aromatic nitrogens is 2. The summed E-state index contributed by atoms with van der Waals surface area (Å²) in [4.78, 5) is 3.77. The van der Waals surface area contributed by atoms with Crippen LogP contribution in [-0.4, -0.2) is 23.2 Å². The van der Waals surface area contributed by atoms with Crippen LogP contribution in [0.15, 0.2) is 17.3 Å². The molecule has 1 rings (SSSR count). The summed E-state index contributed by atoms with van der Waals surface area (Å²) < 4.78 is 1.74. The van der Waals surface area contributed by atoms with Gasteiger partial charge in [-0.1, -0.05) is 0 Å². The maximum Gasteiger partial charge on any atom is 0.128 e. The van der Waals surface area contributed by atoms with Crippen LogP contribution in [0.25, 0.3) is 0 Å². The molecule has 0 saturated carbocycles. The molecule has 0 aliphatic rings. The first-order valence-electron chi connectivity index (χ1n) is 3.00. The summed E-state index contributed by atoms with van der Waals surface area (Å²) in [5, 5.41) is 6.91. The first-order chi connectivity index (χ1) is 4.84. The second-order valence-corrected chi connectivity index (χ2v) is 1.87. The van der Waals surface area contributed by atoms with Gasteiger partial charge in [-0.15, -0.1) is 0 Å². The van der Waals surface area contributed by atoms with Gasteiger partial charge in [0, 0.05) is 20.2 Å². The minimum Gasteiger partial charge on any atom is -0.332 e. The maximum atomic E-state index is 3.96. The fraction of sp³-hybridized carbons (Fsp3) is 0.333. The largest absolute Gasteiger partial charge is 0.332 e. The van der Waals surface area contributed by atoms with Crippen molar-refractivity contribution in [3.05, 3.63) is 12.3 Å². The minimum absolute atomic E-state index is 0.936. The van der Waals surface area contributed by atoms with E-state index < -0.39 is 0 Å². The Morgan fingerprint density at radius 3 is 3.10 bits per heavy atom. The van der Waals surface area contributed by atoms with Crippen molar-refractivity contribution in [3.63, 3.8) is 0 Å². The lowest BCUT2D eigenvalue weighted by Crippen LogP contribution is -2.01. The second-order valence-electron chi connectivity index (χ2n) is 1.87. The van der Waals surface area contributed by atoms with Gasteiger partial charge in [0.2, 0.25) is 0 Å². The second kappa shape index (κ2) is 3.00. The van der Waals surface area contributed by atoms with E-state index in [1.807, 2.05) is 13.1 Å². The average Bonchev–Trinajstić information content (AvgIpc) is 2.31. The minimum atomic E-state index is 0.936. The highest BCUT2D eigenvalue weighted by atomic mass is 15.3. The molecule has 0 atom stereocenters. The lowest BCUT2D eigenvalue weighted by atomic mass is 10.6. The number of nitrogens with zero attached hydrogens (tertiary/aromatic N) is 3. The van der Waals surface area contributed by atoms with Crippen LogP contribution in [0.4, 0.5) is 5.82 Å². The standard InChI is InChI=1S/C6H10N4/c1-7-5-8-6-3-4-9-10(6)2/h3-5H,1-2H3,(H,7,8). The number of aryl methyl sites for hydroxylation is 1. The molecule has 0 radical (unpaired) electrons. The van der Waals surface area contributed by atoms with Gasteiger partial charge in [0.15, 0.2) is 0 Å². The molecule has 4 nitrogen and oxygen atoms in total. The Morgan fingerprint density at radius 2 is 2.60 bits per heavy atom. The normalized spacial score (nSPS) is 10.6. The fourth-order valence-corrected chi connectivity index (χ4v) is 0.646. The van der Waals surface area contributed by atoms with Gasteiger partial charge in [0.1, 0.15) is 5.82 Å². The Bertz CT molecular complexity index is 225. The van der Waals surface area contributed by atoms with Crippen molar-refractivity contribution in [3.8, 4) is 0 Å². The van der Waals surface area contributed by atoms with Crippen LogP contribution in [0.5, 0.6) is 0 Å². The zero-order chi connectivity index (χ0) is 7.40. The molecule has 1 N–H and O–H groups in total. The molecule has 1 aromatic heterocycles. The number of anilines is 1. The fourth-order valence-electron chi connectivity index (χ4n) is 0.646. The molecule has 0 spiro atoms. The van der Waals surface area contributed by atoms with Gasteiger partial charge in [0.25, 0.3) is 0 Å². The SMILES string of the molecule is CN=CNc1ccnn1C. The lowest BCUT2D eigenvalue weighted by molar-refractivity contribution is 0.778. The summed E-state index contributed by atoms with van der Waals surface area (Å²) >= 11 is 0. The number of nitrogens with one attached hydrogen (secondary N) is 1. The van der Waals surface area contributed by atoms with E-state index in [-0.39, 0.29) is 0 Å². The van der Waals surface area contributed by atoms with Gasteiger partial charge in [-0.25, -0.2) is 0 Å². The molecular formula is C6H10N4. The molecule has 0 aliphatic heterocycles. The van der Waals surface area contributed by atoms with Crippen LogP contribution >= 0.6 is 0 Å². The van der Waals surface area contributed by atoms with E-state index in [4.69, 9.17) is 0 Å². The molecule has 0 bridgehead atoms. The highest BCUT2D eigenvalue weighted by molar-refractivity contribution is 5.73. The van der Waals surface area contributed by atoms with E-state index in [0.29, 0.717) is 0 Å². The average molecular weight is 138 g/mol. The van der Waals surface area contributed by atoms with Gasteiger partial charge in [-0.3, -0.25) is 9.67 Å². The molecule has 10 heavy (non-hydrogen) atoms. The van der Waals surface area contributed by atoms with Crippen molar-refractivity contribution >= 4 is 12.2 Å². The summed E-state index contributed by atoms with van der Waals surface area (Å²) in [5.74, 6) is 0.936. The van der Waals surface area contributed by atoms with Crippen molar-refractivity contribution in [1.29, 1.82) is 0 Å². The number of aliphatic imine (C=N–C) groups is 1. The van der Waals surface area contributed by atoms with Gasteiger partial charge in [-0.2, -0.15) is 5.10 Å². The summed E-state index contributed by atoms with van der Waals surface area (Å²) in [7, 11) is 3.58. The molecule has 1 aromatic rings. The Kier molecular flexibility index (Phi) is 2.04. The van der Waals surface area contributed by atoms with E-state index in [9.17, 15) is 0 Å². The lowest BCUT2D eigenvalue weighted by Gasteiger charge is -1.97. The van der Waals surface area contributed by atoms with Gasteiger partial charge >= 0.3 is 0 Å². The van der Waals surface area contributed by atoms with Gasteiger partial charge < -0.3 is 5.32 Å². The highest BCUT2D eigenvalue weighted by Gasteiger charge is 1.91. The molecule has 0 amide bonds. The van der Waals surface area contributed by atoms with Crippen LogP contribution in [0.1, 0.15) is 0 Å². The van der Waals surface area contributed by atoms with Crippen LogP contribution in [0.3, 0.4) is 0 Å². The molecule has 4 heteroatoms. The Morgan fingerprint density at radius 1 is 1.80 bits per heavy atom. The molecule has 0 aliphatic carbocycles. The van der Waals surface area contributed by atoms with E-state index in [0.717, 1.165) is 5.82 Å². The molecule has 54 valence electrons. The predicted molar refractivity (Wildman–Crippen MR) is 41.2 cm³/mol. The van der Waals surface area contributed by atoms with Crippen LogP contribution in [0.2, 0.25) is 0 Å². The number of hydrogen-bond donors (Lipinski definition) is 1. The summed E-state index contributed by atoms with van der Waals surface area (Å²) in [5.41, 5.74) is 0. The van der Waals surface area contributed by atoms with Crippen LogP contribution in [0, 0.1) is 0 Å². The summed E-state index contributed by atoms with van der Waals surface area (Å²) in [6, 6.07) is 1.88. The third-order valence-electron chi connectivity index (χ3n) is 1.16. The summed E-state index contributed by atoms with van der Waals surface area (Å²) in [6.45, 7) is 0.